The summed E-state index contributed by atoms with van der Waals surface area (Å²) >= 11 is 0. The molecular weight excluding hydrogens is 592 g/mol. The smallest absolute Gasteiger partial charge is 0.200 e. The van der Waals surface area contributed by atoms with E-state index < -0.39 is 110 Å². The van der Waals surface area contributed by atoms with E-state index in [1.807, 2.05) is 6.92 Å². The fourth-order valence-electron chi connectivity index (χ4n) is 4.12. The van der Waals surface area contributed by atoms with Crippen molar-refractivity contribution in [2.75, 3.05) is 11.4 Å². The molecule has 0 amide bonds. The van der Waals surface area contributed by atoms with E-state index in [1.54, 1.807) is 0 Å². The van der Waals surface area contributed by atoms with Gasteiger partial charge in [-0.1, -0.05) is 39.0 Å². The van der Waals surface area contributed by atoms with Gasteiger partial charge >= 0.3 is 0 Å². The fourth-order valence-corrected chi connectivity index (χ4v) is 4.12. The highest BCUT2D eigenvalue weighted by Crippen LogP contribution is 2.43. The highest BCUT2D eigenvalue weighted by molar-refractivity contribution is 5.74. The van der Waals surface area contributed by atoms with Crippen LogP contribution in [-0.2, 0) is 0 Å². The number of benzene rings is 3. The molecule has 0 heterocycles. The van der Waals surface area contributed by atoms with Crippen LogP contribution in [0, 0.1) is 81.4 Å². The highest BCUT2D eigenvalue weighted by atomic mass is 19.2. The first kappa shape index (κ1) is 32.0. The van der Waals surface area contributed by atoms with Crippen molar-refractivity contribution in [1.82, 2.24) is 0 Å². The molecule has 15 heteroatoms. The third-order valence-corrected chi connectivity index (χ3v) is 6.16. The van der Waals surface area contributed by atoms with Gasteiger partial charge in [-0.2, -0.15) is 0 Å². The Balaban J connectivity index is 2.31. The molecule has 0 aliphatic heterocycles. The third kappa shape index (κ3) is 5.54. The van der Waals surface area contributed by atoms with Crippen molar-refractivity contribution in [2.24, 2.45) is 0 Å². The Morgan fingerprint density at radius 2 is 0.610 bits per heavy atom. The number of halogens is 14. The Morgan fingerprint density at radius 1 is 0.341 bits per heavy atom. The van der Waals surface area contributed by atoms with Crippen LogP contribution in [0.1, 0.15) is 45.4 Å². The molecule has 0 radical (unpaired) electrons. The van der Waals surface area contributed by atoms with Crippen LogP contribution in [0.25, 0.3) is 11.1 Å². The molecular formula is C26H17F14N. The van der Waals surface area contributed by atoms with Crippen LogP contribution in [0.15, 0.2) is 0 Å². The summed E-state index contributed by atoms with van der Waals surface area (Å²) in [5.41, 5.74) is -8.95. The molecule has 0 saturated heterocycles. The van der Waals surface area contributed by atoms with E-state index in [4.69, 9.17) is 0 Å². The van der Waals surface area contributed by atoms with Gasteiger partial charge in [0.2, 0.25) is 11.6 Å². The Hall–Kier alpha value is -3.52. The summed E-state index contributed by atoms with van der Waals surface area (Å²) in [5, 5.41) is 0. The van der Waals surface area contributed by atoms with Crippen LogP contribution in [-0.4, -0.2) is 6.54 Å². The minimum atomic E-state index is -2.81. The van der Waals surface area contributed by atoms with Gasteiger partial charge in [0.15, 0.2) is 69.8 Å². The molecule has 0 bridgehead atoms. The SMILES string of the molecule is CCCCCCCCN(c1c(F)c(F)c(F)c(F)c1F)c1c(F)c(F)c(-c2c(F)c(F)c(F)c(F)c2F)c(F)c1F. The van der Waals surface area contributed by atoms with Gasteiger partial charge < -0.3 is 4.90 Å². The Labute approximate surface area is 223 Å². The molecule has 3 aromatic carbocycles. The molecule has 0 saturated carbocycles. The third-order valence-electron chi connectivity index (χ3n) is 6.16. The van der Waals surface area contributed by atoms with E-state index in [9.17, 15) is 43.9 Å². The van der Waals surface area contributed by atoms with Crippen LogP contribution < -0.4 is 4.90 Å². The summed E-state index contributed by atoms with van der Waals surface area (Å²) < 4.78 is 201. The zero-order chi connectivity index (χ0) is 30.9. The van der Waals surface area contributed by atoms with Crippen molar-refractivity contribution < 1.29 is 61.5 Å². The lowest BCUT2D eigenvalue weighted by Crippen LogP contribution is -2.26. The van der Waals surface area contributed by atoms with E-state index in [0.717, 1.165) is 12.8 Å². The molecule has 0 atom stereocenters. The number of nitrogens with zero attached hydrogens (tertiary/aromatic N) is 1. The van der Waals surface area contributed by atoms with Crippen LogP contribution in [0.5, 0.6) is 0 Å². The molecule has 1 nitrogen and oxygen atoms in total. The van der Waals surface area contributed by atoms with Crippen molar-refractivity contribution in [2.45, 2.75) is 45.4 Å². The first-order chi connectivity index (χ1) is 19.2. The number of hydrogen-bond donors (Lipinski definition) is 0. The van der Waals surface area contributed by atoms with E-state index >= 15 is 17.6 Å². The molecule has 0 aliphatic rings. The molecule has 3 aromatic rings. The van der Waals surface area contributed by atoms with Crippen LogP contribution >= 0.6 is 0 Å². The molecule has 0 aliphatic carbocycles. The molecule has 0 unspecified atom stereocenters. The second-order valence-corrected chi connectivity index (χ2v) is 8.76. The minimum absolute atomic E-state index is 0.142. The van der Waals surface area contributed by atoms with Gasteiger partial charge in [0.05, 0.1) is 11.1 Å². The molecule has 41 heavy (non-hydrogen) atoms. The average Bonchev–Trinajstić information content (AvgIpc) is 2.95. The quantitative estimate of drug-likeness (QED) is 0.0958. The Bertz CT molecular complexity index is 1400. The van der Waals surface area contributed by atoms with Gasteiger partial charge in [-0.25, -0.2) is 61.5 Å². The maximum Gasteiger partial charge on any atom is 0.200 e. The lowest BCUT2D eigenvalue weighted by molar-refractivity contribution is 0.377. The summed E-state index contributed by atoms with van der Waals surface area (Å²) in [4.78, 5) is -0.296. The molecule has 224 valence electrons. The topological polar surface area (TPSA) is 3.24 Å². The summed E-state index contributed by atoms with van der Waals surface area (Å²) in [7, 11) is 0. The summed E-state index contributed by atoms with van der Waals surface area (Å²) in [6.07, 6.45) is 2.40. The Kier molecular flexibility index (Phi) is 9.80. The van der Waals surface area contributed by atoms with Crippen LogP contribution in [0.2, 0.25) is 0 Å². The van der Waals surface area contributed by atoms with Crippen molar-refractivity contribution in [3.8, 4) is 11.1 Å². The number of unbranched alkanes of at least 4 members (excludes halogenated alkanes) is 5. The van der Waals surface area contributed by atoms with Gasteiger partial charge in [0.25, 0.3) is 0 Å². The van der Waals surface area contributed by atoms with E-state index in [0.29, 0.717) is 12.8 Å². The molecule has 0 aromatic heterocycles. The predicted octanol–water partition coefficient (Wildman–Crippen LogP) is 9.80. The predicted molar refractivity (Wildman–Crippen MR) is 118 cm³/mol. The van der Waals surface area contributed by atoms with Gasteiger partial charge in [0, 0.05) is 6.54 Å². The highest BCUT2D eigenvalue weighted by Gasteiger charge is 2.38. The fraction of sp³-hybridized carbons (Fsp3) is 0.308. The molecule has 0 fully saturated rings. The van der Waals surface area contributed by atoms with Crippen LogP contribution in [0.4, 0.5) is 72.8 Å². The van der Waals surface area contributed by atoms with Crippen molar-refractivity contribution in [1.29, 1.82) is 0 Å². The minimum Gasteiger partial charge on any atom is -0.332 e. The zero-order valence-corrected chi connectivity index (χ0v) is 20.7. The van der Waals surface area contributed by atoms with Crippen LogP contribution in [0.3, 0.4) is 0 Å². The first-order valence-electron chi connectivity index (χ1n) is 11.9. The molecule has 0 N–H and O–H groups in total. The van der Waals surface area contributed by atoms with Gasteiger partial charge in [0.1, 0.15) is 11.4 Å². The summed E-state index contributed by atoms with van der Waals surface area (Å²) in [6, 6.07) is 0. The van der Waals surface area contributed by atoms with E-state index in [2.05, 4.69) is 0 Å². The number of anilines is 2. The number of rotatable bonds is 10. The monoisotopic (exact) mass is 609 g/mol. The van der Waals surface area contributed by atoms with Crippen molar-refractivity contribution in [3.63, 3.8) is 0 Å². The largest absolute Gasteiger partial charge is 0.332 e. The normalized spacial score (nSPS) is 11.5. The molecule has 0 spiro atoms. The number of hydrogen-bond acceptors (Lipinski definition) is 1. The maximum atomic E-state index is 15.3. The summed E-state index contributed by atoms with van der Waals surface area (Å²) in [5.74, 6) is -38.1. The van der Waals surface area contributed by atoms with Gasteiger partial charge in [-0.3, -0.25) is 0 Å². The van der Waals surface area contributed by atoms with Gasteiger partial charge in [-0.05, 0) is 6.42 Å². The lowest BCUT2D eigenvalue weighted by atomic mass is 10.00. The Morgan fingerprint density at radius 3 is 1.00 bits per heavy atom. The first-order valence-corrected chi connectivity index (χ1v) is 11.9. The lowest BCUT2D eigenvalue weighted by Gasteiger charge is -2.28. The standard InChI is InChI=1S/C26H17F14N/c1-2-3-4-5-6-7-8-41(26-23(39)19(35)18(34)20(36)24(26)40)25-21(37)13(29)10(14(30)22(25)38)9-11(27)15(31)17(33)16(32)12(9)28/h2-8H2,1H3. The summed E-state index contributed by atoms with van der Waals surface area (Å²) in [6.45, 7) is 0.856. The van der Waals surface area contributed by atoms with Crippen molar-refractivity contribution in [3.05, 3.63) is 81.4 Å². The molecule has 3 rings (SSSR count). The zero-order valence-electron chi connectivity index (χ0n) is 20.7. The second kappa shape index (κ2) is 12.6. The van der Waals surface area contributed by atoms with Crippen molar-refractivity contribution >= 4 is 11.4 Å². The average molecular weight is 609 g/mol. The van der Waals surface area contributed by atoms with Gasteiger partial charge in [-0.15, -0.1) is 0 Å². The second-order valence-electron chi connectivity index (χ2n) is 8.76. The maximum absolute atomic E-state index is 15.3. The van der Waals surface area contributed by atoms with E-state index in [1.165, 1.54) is 0 Å². The van der Waals surface area contributed by atoms with E-state index in [-0.39, 0.29) is 17.7 Å².